The van der Waals surface area contributed by atoms with Crippen LogP contribution in [-0.4, -0.2) is 43.4 Å². The molecule has 7 nitrogen and oxygen atoms in total. The van der Waals surface area contributed by atoms with Gasteiger partial charge in [-0.05, 0) is 6.92 Å². The predicted molar refractivity (Wildman–Crippen MR) is 55.3 cm³/mol. The molecule has 15 heavy (non-hydrogen) atoms. The summed E-state index contributed by atoms with van der Waals surface area (Å²) in [5.41, 5.74) is 5.10. The van der Waals surface area contributed by atoms with Crippen molar-refractivity contribution in [2.45, 2.75) is 19.4 Å². The van der Waals surface area contributed by atoms with Crippen molar-refractivity contribution in [1.82, 2.24) is 5.32 Å². The standard InChI is InChI=1S/C7H15N3O4S/c1-5(4-15(2,13)14)9-7(11)3-6(8)10-12/h5,12H,3-4H2,1-2H3,(H2,8,10)(H,9,11). The Morgan fingerprint density at radius 1 is 1.60 bits per heavy atom. The van der Waals surface area contributed by atoms with E-state index in [1.54, 1.807) is 6.92 Å². The molecule has 0 heterocycles. The van der Waals surface area contributed by atoms with Crippen LogP contribution in [0, 0.1) is 0 Å². The minimum Gasteiger partial charge on any atom is -0.409 e. The van der Waals surface area contributed by atoms with Gasteiger partial charge in [0.2, 0.25) is 5.91 Å². The van der Waals surface area contributed by atoms with E-state index in [4.69, 9.17) is 10.9 Å². The average molecular weight is 237 g/mol. The van der Waals surface area contributed by atoms with Crippen LogP contribution in [0.25, 0.3) is 0 Å². The average Bonchev–Trinajstić information content (AvgIpc) is 1.99. The normalized spacial score (nSPS) is 14.7. The Morgan fingerprint density at radius 2 is 2.13 bits per heavy atom. The number of carbonyl (C=O) groups excluding carboxylic acids is 1. The van der Waals surface area contributed by atoms with E-state index in [-0.39, 0.29) is 18.0 Å². The molecule has 0 spiro atoms. The molecule has 4 N–H and O–H groups in total. The molecule has 1 atom stereocenters. The van der Waals surface area contributed by atoms with Gasteiger partial charge in [0.15, 0.2) is 0 Å². The van der Waals surface area contributed by atoms with Gasteiger partial charge in [-0.25, -0.2) is 8.42 Å². The summed E-state index contributed by atoms with van der Waals surface area (Å²) in [5, 5.41) is 13.2. The summed E-state index contributed by atoms with van der Waals surface area (Å²) in [4.78, 5) is 11.1. The molecule has 0 radical (unpaired) electrons. The van der Waals surface area contributed by atoms with Crippen molar-refractivity contribution in [2.24, 2.45) is 10.9 Å². The fourth-order valence-electron chi connectivity index (χ4n) is 1.02. The van der Waals surface area contributed by atoms with E-state index in [2.05, 4.69) is 10.5 Å². The first kappa shape index (κ1) is 13.7. The van der Waals surface area contributed by atoms with Crippen LogP contribution in [0.2, 0.25) is 0 Å². The highest BCUT2D eigenvalue weighted by atomic mass is 32.2. The quantitative estimate of drug-likeness (QED) is 0.237. The number of nitrogens with two attached hydrogens (primary N) is 1. The molecule has 0 bridgehead atoms. The number of hydrogen-bond acceptors (Lipinski definition) is 5. The number of nitrogens with one attached hydrogen (secondary N) is 1. The first-order valence-electron chi connectivity index (χ1n) is 4.18. The Bertz CT molecular complexity index is 349. The smallest absolute Gasteiger partial charge is 0.227 e. The fraction of sp³-hybridized carbons (Fsp3) is 0.714. The minimum absolute atomic E-state index is 0.144. The van der Waals surface area contributed by atoms with Crippen molar-refractivity contribution in [3.05, 3.63) is 0 Å². The van der Waals surface area contributed by atoms with Crippen LogP contribution >= 0.6 is 0 Å². The van der Waals surface area contributed by atoms with Gasteiger partial charge >= 0.3 is 0 Å². The van der Waals surface area contributed by atoms with E-state index < -0.39 is 21.8 Å². The van der Waals surface area contributed by atoms with Gasteiger partial charge in [-0.3, -0.25) is 4.79 Å². The minimum atomic E-state index is -3.13. The summed E-state index contributed by atoms with van der Waals surface area (Å²) in [7, 11) is -3.13. The Morgan fingerprint density at radius 3 is 2.53 bits per heavy atom. The zero-order chi connectivity index (χ0) is 12.1. The summed E-state index contributed by atoms with van der Waals surface area (Å²) in [5.74, 6) is -0.852. The number of rotatable bonds is 5. The zero-order valence-electron chi connectivity index (χ0n) is 8.60. The highest BCUT2D eigenvalue weighted by molar-refractivity contribution is 7.90. The van der Waals surface area contributed by atoms with Gasteiger partial charge in [-0.1, -0.05) is 5.16 Å². The first-order valence-corrected chi connectivity index (χ1v) is 6.24. The summed E-state index contributed by atoms with van der Waals surface area (Å²) in [6.07, 6.45) is 0.823. The third-order valence-electron chi connectivity index (χ3n) is 1.43. The van der Waals surface area contributed by atoms with Crippen molar-refractivity contribution in [2.75, 3.05) is 12.0 Å². The second-order valence-corrected chi connectivity index (χ2v) is 5.51. The molecule has 0 aromatic rings. The molecule has 0 aliphatic heterocycles. The molecular weight excluding hydrogens is 222 g/mol. The van der Waals surface area contributed by atoms with Crippen molar-refractivity contribution < 1.29 is 18.4 Å². The molecule has 0 aromatic heterocycles. The lowest BCUT2D eigenvalue weighted by Gasteiger charge is -2.11. The van der Waals surface area contributed by atoms with Crippen LogP contribution in [-0.2, 0) is 14.6 Å². The monoisotopic (exact) mass is 237 g/mol. The van der Waals surface area contributed by atoms with E-state index in [9.17, 15) is 13.2 Å². The lowest BCUT2D eigenvalue weighted by molar-refractivity contribution is -0.120. The third-order valence-corrected chi connectivity index (χ3v) is 2.54. The summed E-state index contributed by atoms with van der Waals surface area (Å²) in [6, 6.07) is -0.501. The topological polar surface area (TPSA) is 122 Å². The Labute approximate surface area is 88.2 Å². The Kier molecular flexibility index (Phi) is 5.06. The van der Waals surface area contributed by atoms with E-state index in [1.165, 1.54) is 0 Å². The third kappa shape index (κ3) is 7.74. The van der Waals surface area contributed by atoms with E-state index in [0.717, 1.165) is 6.26 Å². The maximum absolute atomic E-state index is 11.1. The Balaban J connectivity index is 4.08. The van der Waals surface area contributed by atoms with Crippen LogP contribution in [0.4, 0.5) is 0 Å². The van der Waals surface area contributed by atoms with Gasteiger partial charge in [0.05, 0.1) is 12.2 Å². The molecule has 0 aliphatic carbocycles. The van der Waals surface area contributed by atoms with Gasteiger partial charge in [-0.15, -0.1) is 0 Å². The lowest BCUT2D eigenvalue weighted by atomic mass is 10.3. The van der Waals surface area contributed by atoms with Gasteiger partial charge in [0.1, 0.15) is 15.7 Å². The molecule has 8 heteroatoms. The molecule has 0 aliphatic rings. The maximum atomic E-state index is 11.1. The summed E-state index contributed by atoms with van der Waals surface area (Å²) in [6.45, 7) is 1.56. The second kappa shape index (κ2) is 5.54. The highest BCUT2D eigenvalue weighted by Gasteiger charge is 2.13. The first-order chi connectivity index (χ1) is 6.74. The van der Waals surface area contributed by atoms with Crippen LogP contribution in [0.15, 0.2) is 5.16 Å². The van der Waals surface area contributed by atoms with Crippen molar-refractivity contribution in [3.8, 4) is 0 Å². The van der Waals surface area contributed by atoms with Crippen molar-refractivity contribution in [3.63, 3.8) is 0 Å². The molecule has 1 amide bonds. The summed E-state index contributed by atoms with van der Waals surface area (Å²) >= 11 is 0. The van der Waals surface area contributed by atoms with Gasteiger partial charge in [0.25, 0.3) is 0 Å². The maximum Gasteiger partial charge on any atom is 0.227 e. The fourth-order valence-corrected chi connectivity index (χ4v) is 2.01. The van der Waals surface area contributed by atoms with Crippen LogP contribution in [0.3, 0.4) is 0 Å². The lowest BCUT2D eigenvalue weighted by Crippen LogP contribution is -2.39. The molecular formula is C7H15N3O4S. The molecule has 0 fully saturated rings. The van der Waals surface area contributed by atoms with Crippen LogP contribution in [0.5, 0.6) is 0 Å². The van der Waals surface area contributed by atoms with E-state index in [0.29, 0.717) is 0 Å². The molecule has 0 saturated carbocycles. The molecule has 0 rings (SSSR count). The number of amides is 1. The van der Waals surface area contributed by atoms with E-state index in [1.807, 2.05) is 0 Å². The van der Waals surface area contributed by atoms with Gasteiger partial charge < -0.3 is 16.3 Å². The van der Waals surface area contributed by atoms with Crippen LogP contribution in [0.1, 0.15) is 13.3 Å². The molecule has 1 unspecified atom stereocenters. The second-order valence-electron chi connectivity index (χ2n) is 3.33. The van der Waals surface area contributed by atoms with E-state index >= 15 is 0 Å². The number of hydrogen-bond donors (Lipinski definition) is 3. The van der Waals surface area contributed by atoms with Crippen molar-refractivity contribution in [1.29, 1.82) is 0 Å². The highest BCUT2D eigenvalue weighted by Crippen LogP contribution is 1.91. The van der Waals surface area contributed by atoms with Crippen molar-refractivity contribution >= 4 is 21.6 Å². The largest absolute Gasteiger partial charge is 0.409 e. The SMILES string of the molecule is CC(CS(C)(=O)=O)NC(=O)CC(N)=NO. The number of carbonyl (C=O) groups is 1. The zero-order valence-corrected chi connectivity index (χ0v) is 9.41. The molecule has 88 valence electrons. The summed E-state index contributed by atoms with van der Waals surface area (Å²) < 4.78 is 21.7. The van der Waals surface area contributed by atoms with Gasteiger partial charge in [-0.2, -0.15) is 0 Å². The predicted octanol–water partition coefficient (Wildman–Crippen LogP) is -1.33. The Hall–Kier alpha value is -1.31. The van der Waals surface area contributed by atoms with Crippen LogP contribution < -0.4 is 11.1 Å². The number of oxime groups is 1. The number of nitrogens with zero attached hydrogens (tertiary/aromatic N) is 1. The number of sulfone groups is 1. The molecule has 0 saturated heterocycles. The van der Waals surface area contributed by atoms with Gasteiger partial charge in [0, 0.05) is 12.3 Å². The molecule has 0 aromatic carbocycles. The number of amidine groups is 1.